The third-order valence-corrected chi connectivity index (χ3v) is 4.62. The van der Waals surface area contributed by atoms with Gasteiger partial charge in [0.15, 0.2) is 5.15 Å². The molecule has 5 heteroatoms. The van der Waals surface area contributed by atoms with E-state index in [4.69, 9.17) is 11.6 Å². The van der Waals surface area contributed by atoms with Crippen LogP contribution in [0.5, 0.6) is 0 Å². The molecule has 2 aromatic heterocycles. The summed E-state index contributed by atoms with van der Waals surface area (Å²) < 4.78 is 1.09. The Kier molecular flexibility index (Phi) is 3.09. The Hall–Kier alpha value is -0.970. The van der Waals surface area contributed by atoms with E-state index in [0.717, 1.165) is 25.8 Å². The van der Waals surface area contributed by atoms with E-state index in [0.29, 0.717) is 5.15 Å². The first-order valence-electron chi connectivity index (χ1n) is 5.34. The number of halogens is 2. The van der Waals surface area contributed by atoms with E-state index < -0.39 is 0 Å². The summed E-state index contributed by atoms with van der Waals surface area (Å²) in [7, 11) is 0. The molecule has 3 rings (SSSR count). The molecule has 1 aromatic carbocycles. The van der Waals surface area contributed by atoms with Crippen LogP contribution < -0.4 is 0 Å². The van der Waals surface area contributed by atoms with E-state index in [2.05, 4.69) is 39.1 Å². The van der Waals surface area contributed by atoms with Gasteiger partial charge < -0.3 is 0 Å². The fourth-order valence-corrected chi connectivity index (χ4v) is 3.85. The summed E-state index contributed by atoms with van der Waals surface area (Å²) in [4.78, 5) is 1.21. The molecule has 0 N–H and O–H groups in total. The molecule has 0 aliphatic rings. The number of aromatic nitrogens is 2. The third-order valence-electron chi connectivity index (χ3n) is 2.79. The maximum atomic E-state index is 6.08. The number of rotatable bonds is 1. The van der Waals surface area contributed by atoms with Crippen LogP contribution in [0.25, 0.3) is 22.0 Å². The maximum absolute atomic E-state index is 6.08. The van der Waals surface area contributed by atoms with Crippen LogP contribution in [0.3, 0.4) is 0 Å². The summed E-state index contributed by atoms with van der Waals surface area (Å²) in [6, 6.07) is 10.0. The van der Waals surface area contributed by atoms with E-state index in [-0.39, 0.29) is 0 Å². The monoisotopic (exact) mass is 338 g/mol. The highest BCUT2D eigenvalue weighted by Crippen LogP contribution is 2.36. The van der Waals surface area contributed by atoms with Gasteiger partial charge in [-0.05, 0) is 28.9 Å². The molecule has 0 atom stereocenters. The largest absolute Gasteiger partial charge is 0.159 e. The predicted molar refractivity (Wildman–Crippen MR) is 80.3 cm³/mol. The highest BCUT2D eigenvalue weighted by Gasteiger charge is 2.13. The SMILES string of the molecule is Cc1sc(Br)cc1-c1nnc(Cl)c2ccccc12. The molecule has 18 heavy (non-hydrogen) atoms. The average Bonchev–Trinajstić information content (AvgIpc) is 2.69. The molecule has 0 spiro atoms. The second kappa shape index (κ2) is 4.61. The number of hydrogen-bond donors (Lipinski definition) is 0. The van der Waals surface area contributed by atoms with Crippen LogP contribution in [-0.4, -0.2) is 10.2 Å². The average molecular weight is 340 g/mol. The molecule has 3 aromatic rings. The Morgan fingerprint density at radius 2 is 1.89 bits per heavy atom. The Morgan fingerprint density at radius 1 is 1.17 bits per heavy atom. The van der Waals surface area contributed by atoms with Gasteiger partial charge in [-0.3, -0.25) is 0 Å². The fourth-order valence-electron chi connectivity index (χ4n) is 1.95. The first kappa shape index (κ1) is 12.1. The van der Waals surface area contributed by atoms with Gasteiger partial charge in [0.1, 0.15) is 5.69 Å². The molecule has 0 radical (unpaired) electrons. The molecule has 0 aliphatic carbocycles. The number of nitrogens with zero attached hydrogens (tertiary/aromatic N) is 2. The van der Waals surface area contributed by atoms with Crippen molar-refractivity contribution in [1.82, 2.24) is 10.2 Å². The molecule has 2 nitrogen and oxygen atoms in total. The predicted octanol–water partition coefficient (Wildman–Crippen LogP) is 5.08. The molecule has 0 bridgehead atoms. The van der Waals surface area contributed by atoms with Gasteiger partial charge in [-0.1, -0.05) is 35.9 Å². The van der Waals surface area contributed by atoms with Crippen LogP contribution in [0.1, 0.15) is 4.88 Å². The van der Waals surface area contributed by atoms with Crippen molar-refractivity contribution in [2.24, 2.45) is 0 Å². The summed E-state index contributed by atoms with van der Waals surface area (Å²) in [5.41, 5.74) is 1.99. The topological polar surface area (TPSA) is 25.8 Å². The van der Waals surface area contributed by atoms with Gasteiger partial charge in [-0.25, -0.2) is 0 Å². The van der Waals surface area contributed by atoms with Crippen LogP contribution in [0.15, 0.2) is 34.1 Å². The highest BCUT2D eigenvalue weighted by atomic mass is 79.9. The maximum Gasteiger partial charge on any atom is 0.159 e. The van der Waals surface area contributed by atoms with Crippen LogP contribution in [0, 0.1) is 6.92 Å². The number of benzene rings is 1. The first-order valence-corrected chi connectivity index (χ1v) is 7.33. The van der Waals surface area contributed by atoms with Crippen molar-refractivity contribution < 1.29 is 0 Å². The Labute approximate surface area is 122 Å². The summed E-state index contributed by atoms with van der Waals surface area (Å²) in [5.74, 6) is 0. The minimum absolute atomic E-state index is 0.446. The second-order valence-corrected chi connectivity index (χ2v) is 6.90. The quantitative estimate of drug-likeness (QED) is 0.617. The minimum atomic E-state index is 0.446. The van der Waals surface area contributed by atoms with Crippen molar-refractivity contribution in [2.75, 3.05) is 0 Å². The lowest BCUT2D eigenvalue weighted by molar-refractivity contribution is 1.06. The highest BCUT2D eigenvalue weighted by molar-refractivity contribution is 9.11. The zero-order valence-corrected chi connectivity index (χ0v) is 12.6. The number of hydrogen-bond acceptors (Lipinski definition) is 3. The second-order valence-electron chi connectivity index (χ2n) is 3.91. The Morgan fingerprint density at radius 3 is 2.56 bits per heavy atom. The zero-order valence-electron chi connectivity index (χ0n) is 9.45. The zero-order chi connectivity index (χ0) is 12.7. The van der Waals surface area contributed by atoms with Crippen molar-refractivity contribution in [3.8, 4) is 11.3 Å². The number of thiophene rings is 1. The molecule has 0 fully saturated rings. The first-order chi connectivity index (χ1) is 8.66. The number of aryl methyl sites for hydroxylation is 1. The molecule has 90 valence electrons. The fraction of sp³-hybridized carbons (Fsp3) is 0.0769. The molecule has 0 aliphatic heterocycles. The third kappa shape index (κ3) is 1.94. The number of fused-ring (bicyclic) bond motifs is 1. The molecule has 0 saturated heterocycles. The van der Waals surface area contributed by atoms with E-state index in [1.165, 1.54) is 4.88 Å². The van der Waals surface area contributed by atoms with Gasteiger partial charge in [-0.2, -0.15) is 0 Å². The van der Waals surface area contributed by atoms with Crippen LogP contribution >= 0.6 is 38.9 Å². The van der Waals surface area contributed by atoms with Gasteiger partial charge in [0, 0.05) is 21.2 Å². The molecular weight excluding hydrogens is 332 g/mol. The van der Waals surface area contributed by atoms with Crippen molar-refractivity contribution in [3.05, 3.63) is 44.1 Å². The van der Waals surface area contributed by atoms with E-state index in [1.54, 1.807) is 11.3 Å². The Bertz CT molecular complexity index is 739. The van der Waals surface area contributed by atoms with E-state index in [1.807, 2.05) is 24.3 Å². The Balaban J connectivity index is 2.37. The lowest BCUT2D eigenvalue weighted by Crippen LogP contribution is -1.91. The van der Waals surface area contributed by atoms with Gasteiger partial charge in [-0.15, -0.1) is 21.5 Å². The summed E-state index contributed by atoms with van der Waals surface area (Å²) in [5, 5.41) is 10.7. The van der Waals surface area contributed by atoms with Gasteiger partial charge in [0.2, 0.25) is 0 Å². The molecule has 0 amide bonds. The lowest BCUT2D eigenvalue weighted by Gasteiger charge is -2.05. The molecule has 2 heterocycles. The van der Waals surface area contributed by atoms with E-state index >= 15 is 0 Å². The smallest absolute Gasteiger partial charge is 0.148 e. The van der Waals surface area contributed by atoms with Crippen LogP contribution in [-0.2, 0) is 0 Å². The minimum Gasteiger partial charge on any atom is -0.148 e. The molecular formula is C13H8BrClN2S. The van der Waals surface area contributed by atoms with Gasteiger partial charge >= 0.3 is 0 Å². The normalized spacial score (nSPS) is 11.1. The van der Waals surface area contributed by atoms with Gasteiger partial charge in [0.05, 0.1) is 3.79 Å². The van der Waals surface area contributed by atoms with Crippen molar-refractivity contribution in [2.45, 2.75) is 6.92 Å². The van der Waals surface area contributed by atoms with E-state index in [9.17, 15) is 0 Å². The summed E-state index contributed by atoms with van der Waals surface area (Å²) in [6.07, 6.45) is 0. The molecule has 0 saturated carbocycles. The van der Waals surface area contributed by atoms with Crippen LogP contribution in [0.2, 0.25) is 5.15 Å². The lowest BCUT2D eigenvalue weighted by atomic mass is 10.1. The summed E-state index contributed by atoms with van der Waals surface area (Å²) in [6.45, 7) is 2.08. The van der Waals surface area contributed by atoms with Crippen LogP contribution in [0.4, 0.5) is 0 Å². The van der Waals surface area contributed by atoms with Crippen molar-refractivity contribution in [1.29, 1.82) is 0 Å². The standard InChI is InChI=1S/C13H8BrClN2S/c1-7-10(6-11(14)18-7)12-8-4-2-3-5-9(8)13(15)17-16-12/h2-6H,1H3. The van der Waals surface area contributed by atoms with Gasteiger partial charge in [0.25, 0.3) is 0 Å². The van der Waals surface area contributed by atoms with Crippen molar-refractivity contribution in [3.63, 3.8) is 0 Å². The summed E-state index contributed by atoms with van der Waals surface area (Å²) >= 11 is 11.3. The molecule has 0 unspecified atom stereocenters. The van der Waals surface area contributed by atoms with Crippen molar-refractivity contribution >= 4 is 49.6 Å².